The summed E-state index contributed by atoms with van der Waals surface area (Å²) in [6.07, 6.45) is 0.486. The molecular weight excluding hydrogens is 300 g/mol. The molecule has 2 aromatic carbocycles. The molecule has 5 heteroatoms. The molecule has 4 nitrogen and oxygen atoms in total. The number of benzene rings is 2. The molecule has 0 fully saturated rings. The maximum atomic E-state index is 12.1. The minimum Gasteiger partial charge on any atom is -0.469 e. The van der Waals surface area contributed by atoms with Gasteiger partial charge in [0.1, 0.15) is 5.25 Å². The second-order valence-corrected chi connectivity index (χ2v) is 6.32. The fraction of sp³-hybridized carbons (Fsp3) is 0.294. The zero-order valence-electron chi connectivity index (χ0n) is 12.4. The van der Waals surface area contributed by atoms with E-state index in [4.69, 9.17) is 9.47 Å². The average Bonchev–Trinajstić information content (AvgIpc) is 2.59. The van der Waals surface area contributed by atoms with Gasteiger partial charge in [-0.3, -0.25) is 9.59 Å². The van der Waals surface area contributed by atoms with Crippen molar-refractivity contribution in [3.63, 3.8) is 0 Å². The van der Waals surface area contributed by atoms with Gasteiger partial charge in [0.15, 0.2) is 0 Å². The maximum Gasteiger partial charge on any atom is 0.320 e. The Balaban J connectivity index is 2.10. The van der Waals surface area contributed by atoms with E-state index in [1.165, 1.54) is 26.0 Å². The molecular formula is C17H16O4S. The Morgan fingerprint density at radius 2 is 1.77 bits per heavy atom. The summed E-state index contributed by atoms with van der Waals surface area (Å²) < 4.78 is 9.73. The Morgan fingerprint density at radius 1 is 1.05 bits per heavy atom. The van der Waals surface area contributed by atoms with Crippen LogP contribution in [0.3, 0.4) is 0 Å². The molecule has 22 heavy (non-hydrogen) atoms. The predicted molar refractivity (Wildman–Crippen MR) is 84.8 cm³/mol. The first-order valence-electron chi connectivity index (χ1n) is 6.98. The van der Waals surface area contributed by atoms with Crippen LogP contribution in [0.2, 0.25) is 0 Å². The Kier molecular flexibility index (Phi) is 4.07. The van der Waals surface area contributed by atoms with Gasteiger partial charge in [0.25, 0.3) is 0 Å². The third-order valence-electron chi connectivity index (χ3n) is 3.95. The van der Waals surface area contributed by atoms with Crippen molar-refractivity contribution in [3.8, 4) is 0 Å². The number of carbonyl (C=O) groups is 2. The van der Waals surface area contributed by atoms with Gasteiger partial charge in [-0.25, -0.2) is 0 Å². The summed E-state index contributed by atoms with van der Waals surface area (Å²) in [6.45, 7) is 0. The van der Waals surface area contributed by atoms with Crippen molar-refractivity contribution < 1.29 is 19.1 Å². The summed E-state index contributed by atoms with van der Waals surface area (Å²) in [5.41, 5.74) is 1.07. The van der Waals surface area contributed by atoms with E-state index in [-0.39, 0.29) is 11.9 Å². The van der Waals surface area contributed by atoms with E-state index in [1.807, 2.05) is 36.4 Å². The number of ether oxygens (including phenoxy) is 2. The predicted octanol–water partition coefficient (Wildman–Crippen LogP) is 2.82. The lowest BCUT2D eigenvalue weighted by molar-refractivity contribution is -0.151. The van der Waals surface area contributed by atoms with Crippen LogP contribution in [0.15, 0.2) is 41.3 Å². The second kappa shape index (κ2) is 6.01. The molecule has 0 bridgehead atoms. The van der Waals surface area contributed by atoms with E-state index in [2.05, 4.69) is 0 Å². The van der Waals surface area contributed by atoms with Gasteiger partial charge in [0.2, 0.25) is 0 Å². The van der Waals surface area contributed by atoms with Crippen LogP contribution >= 0.6 is 11.8 Å². The Bertz CT molecular complexity index is 741. The van der Waals surface area contributed by atoms with Gasteiger partial charge < -0.3 is 9.47 Å². The first kappa shape index (κ1) is 14.9. The normalized spacial score (nSPS) is 20.3. The molecule has 2 aromatic rings. The minimum atomic E-state index is -0.573. The van der Waals surface area contributed by atoms with Crippen LogP contribution in [0.5, 0.6) is 0 Å². The van der Waals surface area contributed by atoms with Crippen LogP contribution in [0, 0.1) is 5.92 Å². The molecule has 3 rings (SSSR count). The van der Waals surface area contributed by atoms with E-state index >= 15 is 0 Å². The lowest BCUT2D eigenvalue weighted by Crippen LogP contribution is -2.38. The summed E-state index contributed by atoms with van der Waals surface area (Å²) >= 11 is 1.40. The monoisotopic (exact) mass is 316 g/mol. The van der Waals surface area contributed by atoms with Crippen molar-refractivity contribution in [1.29, 1.82) is 0 Å². The number of fused-ring (bicyclic) bond motifs is 3. The van der Waals surface area contributed by atoms with Crippen molar-refractivity contribution in [3.05, 3.63) is 42.0 Å². The molecule has 1 aliphatic heterocycles. The largest absolute Gasteiger partial charge is 0.469 e. The third kappa shape index (κ3) is 2.46. The molecule has 0 aromatic heterocycles. The SMILES string of the molecule is COC(=O)[C@H]1Cc2ccc3ccccc3c2S[C@@H]1C(=O)OC. The molecule has 0 saturated carbocycles. The van der Waals surface area contributed by atoms with E-state index in [0.717, 1.165) is 21.2 Å². The Labute approximate surface area is 132 Å². The first-order chi connectivity index (χ1) is 10.7. The average molecular weight is 316 g/mol. The molecule has 0 N–H and O–H groups in total. The zero-order chi connectivity index (χ0) is 15.7. The molecule has 0 saturated heterocycles. The van der Waals surface area contributed by atoms with Crippen LogP contribution in [0.1, 0.15) is 5.56 Å². The molecule has 0 spiro atoms. The molecule has 0 aliphatic carbocycles. The van der Waals surface area contributed by atoms with Crippen molar-refractivity contribution in [2.24, 2.45) is 5.92 Å². The summed E-state index contributed by atoms with van der Waals surface area (Å²) in [5, 5.41) is 1.65. The number of thioether (sulfide) groups is 1. The highest BCUT2D eigenvalue weighted by atomic mass is 32.2. The standard InChI is InChI=1S/C17H16O4S/c1-20-16(18)13-9-11-8-7-10-5-3-4-6-12(10)14(11)22-15(13)17(19)21-2/h3-8,13,15H,9H2,1-2H3/t13-,15-/m0/s1. The molecule has 2 atom stereocenters. The highest BCUT2D eigenvalue weighted by molar-refractivity contribution is 8.01. The van der Waals surface area contributed by atoms with Gasteiger partial charge in [-0.05, 0) is 22.8 Å². The van der Waals surface area contributed by atoms with Crippen molar-refractivity contribution in [1.82, 2.24) is 0 Å². The lowest BCUT2D eigenvalue weighted by atomic mass is 9.93. The number of esters is 2. The molecule has 1 heterocycles. The summed E-state index contributed by atoms with van der Waals surface area (Å²) in [7, 11) is 2.69. The molecule has 0 unspecified atom stereocenters. The van der Waals surface area contributed by atoms with Crippen LogP contribution in [0.4, 0.5) is 0 Å². The lowest BCUT2D eigenvalue weighted by Gasteiger charge is -2.29. The summed E-state index contributed by atoms with van der Waals surface area (Å²) in [4.78, 5) is 25.2. The van der Waals surface area contributed by atoms with Gasteiger partial charge in [0.05, 0.1) is 20.1 Å². The highest BCUT2D eigenvalue weighted by Crippen LogP contribution is 2.43. The van der Waals surface area contributed by atoms with Crippen LogP contribution in [0.25, 0.3) is 10.8 Å². The maximum absolute atomic E-state index is 12.1. The van der Waals surface area contributed by atoms with E-state index in [1.54, 1.807) is 0 Å². The molecule has 0 amide bonds. The smallest absolute Gasteiger partial charge is 0.320 e. The van der Waals surface area contributed by atoms with E-state index in [9.17, 15) is 9.59 Å². The number of methoxy groups -OCH3 is 2. The van der Waals surface area contributed by atoms with Gasteiger partial charge in [-0.2, -0.15) is 0 Å². The number of hydrogen-bond donors (Lipinski definition) is 0. The first-order valence-corrected chi connectivity index (χ1v) is 7.86. The van der Waals surface area contributed by atoms with Gasteiger partial charge >= 0.3 is 11.9 Å². The number of rotatable bonds is 2. The van der Waals surface area contributed by atoms with Crippen molar-refractivity contribution in [2.75, 3.05) is 14.2 Å². The fourth-order valence-corrected chi connectivity index (χ4v) is 4.26. The third-order valence-corrected chi connectivity index (χ3v) is 5.44. The second-order valence-electron chi connectivity index (χ2n) is 5.17. The van der Waals surface area contributed by atoms with Gasteiger partial charge in [-0.15, -0.1) is 11.8 Å². The number of carbonyl (C=O) groups excluding carboxylic acids is 2. The highest BCUT2D eigenvalue weighted by Gasteiger charge is 2.40. The van der Waals surface area contributed by atoms with Crippen LogP contribution < -0.4 is 0 Å². The zero-order valence-corrected chi connectivity index (χ0v) is 13.2. The van der Waals surface area contributed by atoms with E-state index in [0.29, 0.717) is 6.42 Å². The van der Waals surface area contributed by atoms with Crippen molar-refractivity contribution in [2.45, 2.75) is 16.6 Å². The van der Waals surface area contributed by atoms with Crippen molar-refractivity contribution >= 4 is 34.5 Å². The summed E-state index contributed by atoms with van der Waals surface area (Å²) in [6, 6.07) is 12.1. The van der Waals surface area contributed by atoms with E-state index < -0.39 is 11.2 Å². The fourth-order valence-electron chi connectivity index (χ4n) is 2.83. The minimum absolute atomic E-state index is 0.373. The molecule has 1 aliphatic rings. The molecule has 0 radical (unpaired) electrons. The Hall–Kier alpha value is -2.01. The van der Waals surface area contributed by atoms with Crippen LogP contribution in [-0.4, -0.2) is 31.4 Å². The molecule has 114 valence electrons. The quantitative estimate of drug-likeness (QED) is 0.798. The number of hydrogen-bond acceptors (Lipinski definition) is 5. The van der Waals surface area contributed by atoms with Crippen LogP contribution in [-0.2, 0) is 25.5 Å². The topological polar surface area (TPSA) is 52.6 Å². The summed E-state index contributed by atoms with van der Waals surface area (Å²) in [5.74, 6) is -1.28. The van der Waals surface area contributed by atoms with Gasteiger partial charge in [-0.1, -0.05) is 36.4 Å². The van der Waals surface area contributed by atoms with Gasteiger partial charge in [0, 0.05) is 4.90 Å². The Morgan fingerprint density at radius 3 is 2.50 bits per heavy atom.